The van der Waals surface area contributed by atoms with Crippen LogP contribution in [0.4, 0.5) is 5.69 Å². The Kier molecular flexibility index (Phi) is 7.80. The average molecular weight is 357 g/mol. The van der Waals surface area contributed by atoms with Gasteiger partial charge < -0.3 is 10.1 Å². The fraction of sp³-hybridized carbons (Fsp3) is 0.357. The van der Waals surface area contributed by atoms with Gasteiger partial charge in [-0.3, -0.25) is 19.7 Å². The Labute approximate surface area is 143 Å². The second-order valence-corrected chi connectivity index (χ2v) is 5.14. The molecule has 130 valence electrons. The number of carbonyl (C=O) groups excluding carboxylic acids is 2. The van der Waals surface area contributed by atoms with Gasteiger partial charge in [0.1, 0.15) is 0 Å². The standard InChI is InChI=1S/C14H17ClN4O5/c1-9(7-13(20)16-5-6-24-2)17-18-14(21)11-4-3-10(19(22)23)8-12(11)15/h3-4,8H,5-7H2,1-2H3,(H,16,20)(H,18,21). The van der Waals surface area contributed by atoms with Crippen molar-refractivity contribution in [3.05, 3.63) is 38.9 Å². The highest BCUT2D eigenvalue weighted by atomic mass is 35.5. The molecule has 10 heteroatoms. The van der Waals surface area contributed by atoms with Crippen molar-refractivity contribution in [3.8, 4) is 0 Å². The Morgan fingerprint density at radius 3 is 2.71 bits per heavy atom. The molecule has 0 saturated carbocycles. The van der Waals surface area contributed by atoms with Gasteiger partial charge in [-0.25, -0.2) is 5.43 Å². The number of benzene rings is 1. The van der Waals surface area contributed by atoms with E-state index >= 15 is 0 Å². The number of non-ortho nitro benzene ring substituents is 1. The van der Waals surface area contributed by atoms with Crippen molar-refractivity contribution >= 4 is 34.8 Å². The number of nitrogens with one attached hydrogen (secondary N) is 2. The quantitative estimate of drug-likeness (QED) is 0.316. The van der Waals surface area contributed by atoms with Gasteiger partial charge in [0.25, 0.3) is 11.6 Å². The van der Waals surface area contributed by atoms with E-state index in [4.69, 9.17) is 16.3 Å². The topological polar surface area (TPSA) is 123 Å². The van der Waals surface area contributed by atoms with Gasteiger partial charge in [-0.2, -0.15) is 5.10 Å². The summed E-state index contributed by atoms with van der Waals surface area (Å²) in [5, 5.41) is 17.0. The van der Waals surface area contributed by atoms with Crippen molar-refractivity contribution in [1.82, 2.24) is 10.7 Å². The Balaban J connectivity index is 2.61. The molecule has 1 aromatic rings. The van der Waals surface area contributed by atoms with Gasteiger partial charge in [-0.15, -0.1) is 0 Å². The number of hydrazone groups is 1. The molecule has 0 fully saturated rings. The predicted octanol–water partition coefficient (Wildman–Crippen LogP) is 1.51. The Hall–Kier alpha value is -2.52. The van der Waals surface area contributed by atoms with Crippen molar-refractivity contribution in [2.24, 2.45) is 5.10 Å². The van der Waals surface area contributed by atoms with E-state index in [1.807, 2.05) is 0 Å². The third-order valence-electron chi connectivity index (χ3n) is 2.80. The van der Waals surface area contributed by atoms with Crippen LogP contribution >= 0.6 is 11.6 Å². The fourth-order valence-electron chi connectivity index (χ4n) is 1.64. The molecule has 0 aliphatic heterocycles. The van der Waals surface area contributed by atoms with E-state index in [1.165, 1.54) is 19.2 Å². The summed E-state index contributed by atoms with van der Waals surface area (Å²) >= 11 is 5.85. The molecule has 2 N–H and O–H groups in total. The number of amides is 2. The van der Waals surface area contributed by atoms with Crippen LogP contribution in [0.25, 0.3) is 0 Å². The Bertz CT molecular complexity index is 663. The number of hydrogen-bond donors (Lipinski definition) is 2. The first-order valence-corrected chi connectivity index (χ1v) is 7.26. The number of halogens is 1. The van der Waals surface area contributed by atoms with E-state index in [2.05, 4.69) is 15.8 Å². The van der Waals surface area contributed by atoms with Gasteiger partial charge in [0.2, 0.25) is 5.91 Å². The highest BCUT2D eigenvalue weighted by molar-refractivity contribution is 6.34. The minimum atomic E-state index is -0.631. The van der Waals surface area contributed by atoms with Crippen LogP contribution in [-0.4, -0.2) is 42.7 Å². The number of carbonyl (C=O) groups is 2. The van der Waals surface area contributed by atoms with Gasteiger partial charge in [-0.05, 0) is 13.0 Å². The smallest absolute Gasteiger partial charge is 0.272 e. The third kappa shape index (κ3) is 6.31. The molecule has 1 aromatic carbocycles. The minimum Gasteiger partial charge on any atom is -0.383 e. The van der Waals surface area contributed by atoms with E-state index in [0.717, 1.165) is 6.07 Å². The molecule has 2 amide bonds. The first-order valence-electron chi connectivity index (χ1n) is 6.88. The third-order valence-corrected chi connectivity index (χ3v) is 3.11. The number of rotatable bonds is 8. The molecule has 0 spiro atoms. The number of hydrogen-bond acceptors (Lipinski definition) is 6. The van der Waals surface area contributed by atoms with Crippen LogP contribution in [0.15, 0.2) is 23.3 Å². The summed E-state index contributed by atoms with van der Waals surface area (Å²) in [6.07, 6.45) is 0.0119. The summed E-state index contributed by atoms with van der Waals surface area (Å²) in [5.74, 6) is -0.884. The van der Waals surface area contributed by atoms with E-state index in [9.17, 15) is 19.7 Å². The van der Waals surface area contributed by atoms with Crippen LogP contribution < -0.4 is 10.7 Å². The number of nitrogens with zero attached hydrogens (tertiary/aromatic N) is 2. The Morgan fingerprint density at radius 1 is 1.42 bits per heavy atom. The van der Waals surface area contributed by atoms with Crippen molar-refractivity contribution in [2.75, 3.05) is 20.3 Å². The summed E-state index contributed by atoms with van der Waals surface area (Å²) < 4.78 is 4.80. The molecule has 24 heavy (non-hydrogen) atoms. The summed E-state index contributed by atoms with van der Waals surface area (Å²) in [6.45, 7) is 2.36. The van der Waals surface area contributed by atoms with Crippen LogP contribution in [0.2, 0.25) is 5.02 Å². The highest BCUT2D eigenvalue weighted by Crippen LogP contribution is 2.22. The number of nitro groups is 1. The van der Waals surface area contributed by atoms with Gasteiger partial charge in [0, 0.05) is 31.5 Å². The van der Waals surface area contributed by atoms with Gasteiger partial charge in [-0.1, -0.05) is 11.6 Å². The summed E-state index contributed by atoms with van der Waals surface area (Å²) in [5.41, 5.74) is 2.46. The number of methoxy groups -OCH3 is 1. The van der Waals surface area contributed by atoms with Crippen LogP contribution in [0, 0.1) is 10.1 Å². The molecular weight excluding hydrogens is 340 g/mol. The zero-order chi connectivity index (χ0) is 18.1. The molecule has 0 unspecified atom stereocenters. The maximum atomic E-state index is 12.0. The molecule has 0 atom stereocenters. The van der Waals surface area contributed by atoms with E-state index in [1.54, 1.807) is 6.92 Å². The van der Waals surface area contributed by atoms with Crippen LogP contribution in [0.1, 0.15) is 23.7 Å². The number of nitro benzene ring substituents is 1. The molecule has 1 rings (SSSR count). The molecule has 0 aliphatic rings. The van der Waals surface area contributed by atoms with Crippen LogP contribution in [0.5, 0.6) is 0 Å². The fourth-order valence-corrected chi connectivity index (χ4v) is 1.90. The van der Waals surface area contributed by atoms with Crippen molar-refractivity contribution in [1.29, 1.82) is 0 Å². The molecule has 0 aromatic heterocycles. The normalized spacial score (nSPS) is 11.0. The number of ether oxygens (including phenoxy) is 1. The van der Waals surface area contributed by atoms with Gasteiger partial charge in [0.15, 0.2) is 0 Å². The minimum absolute atomic E-state index is 0.0119. The lowest BCUT2D eigenvalue weighted by Crippen LogP contribution is -2.29. The summed E-state index contributed by atoms with van der Waals surface area (Å²) in [4.78, 5) is 33.5. The SMILES string of the molecule is COCCNC(=O)CC(C)=NNC(=O)c1ccc([N+](=O)[O-])cc1Cl. The van der Waals surface area contributed by atoms with E-state index < -0.39 is 10.8 Å². The molecule has 9 nitrogen and oxygen atoms in total. The highest BCUT2D eigenvalue weighted by Gasteiger charge is 2.14. The van der Waals surface area contributed by atoms with Crippen molar-refractivity contribution < 1.29 is 19.2 Å². The lowest BCUT2D eigenvalue weighted by Gasteiger charge is -2.05. The molecule has 0 bridgehead atoms. The molecule has 0 heterocycles. The second kappa shape index (κ2) is 9.58. The van der Waals surface area contributed by atoms with Crippen LogP contribution in [0.3, 0.4) is 0 Å². The zero-order valence-corrected chi connectivity index (χ0v) is 13.9. The average Bonchev–Trinajstić information content (AvgIpc) is 2.52. The van der Waals surface area contributed by atoms with Crippen LogP contribution in [-0.2, 0) is 9.53 Å². The molecule has 0 saturated heterocycles. The van der Waals surface area contributed by atoms with E-state index in [-0.39, 0.29) is 28.6 Å². The van der Waals surface area contributed by atoms with Gasteiger partial charge in [0.05, 0.1) is 28.5 Å². The molecule has 0 aliphatic carbocycles. The maximum Gasteiger partial charge on any atom is 0.272 e. The second-order valence-electron chi connectivity index (χ2n) is 4.73. The van der Waals surface area contributed by atoms with Gasteiger partial charge >= 0.3 is 0 Å². The maximum absolute atomic E-state index is 12.0. The predicted molar refractivity (Wildman–Crippen MR) is 88.2 cm³/mol. The summed E-state index contributed by atoms with van der Waals surface area (Å²) in [6, 6.07) is 3.48. The monoisotopic (exact) mass is 356 g/mol. The largest absolute Gasteiger partial charge is 0.383 e. The van der Waals surface area contributed by atoms with Crippen molar-refractivity contribution in [2.45, 2.75) is 13.3 Å². The first-order chi connectivity index (χ1) is 11.3. The summed E-state index contributed by atoms with van der Waals surface area (Å²) in [7, 11) is 1.53. The lowest BCUT2D eigenvalue weighted by molar-refractivity contribution is -0.384. The van der Waals surface area contributed by atoms with E-state index in [0.29, 0.717) is 18.9 Å². The Morgan fingerprint density at radius 2 is 2.12 bits per heavy atom. The lowest BCUT2D eigenvalue weighted by atomic mass is 10.2. The zero-order valence-electron chi connectivity index (χ0n) is 13.2. The molecular formula is C14H17ClN4O5. The molecule has 0 radical (unpaired) electrons. The first kappa shape index (κ1) is 19.5. The van der Waals surface area contributed by atoms with Crippen molar-refractivity contribution in [3.63, 3.8) is 0 Å².